The highest BCUT2D eigenvalue weighted by molar-refractivity contribution is 7.57. The summed E-state index contributed by atoms with van der Waals surface area (Å²) < 4.78 is 33.0. The molecule has 3 aromatic rings. The van der Waals surface area contributed by atoms with E-state index >= 15 is 0 Å². The normalized spacial score (nSPS) is 14.5. The van der Waals surface area contributed by atoms with E-state index in [2.05, 4.69) is 20.0 Å². The van der Waals surface area contributed by atoms with Crippen LogP contribution in [0.15, 0.2) is 36.9 Å². The van der Waals surface area contributed by atoms with Crippen molar-refractivity contribution in [3.8, 4) is 5.75 Å². The minimum Gasteiger partial charge on any atom is -0.462 e. The molecule has 0 bridgehead atoms. The van der Waals surface area contributed by atoms with E-state index in [9.17, 15) is 9.36 Å². The molecule has 2 atom stereocenters. The Bertz CT molecular complexity index is 1230. The predicted molar refractivity (Wildman–Crippen MR) is 138 cm³/mol. The second-order valence-electron chi connectivity index (χ2n) is 9.39. The van der Waals surface area contributed by atoms with Gasteiger partial charge in [0.25, 0.3) is 0 Å². The molecule has 196 valence electrons. The molecule has 11 nitrogen and oxygen atoms in total. The number of aromatic nitrogens is 4. The Labute approximate surface area is 211 Å². The highest BCUT2D eigenvalue weighted by Gasteiger charge is 2.40. The predicted octanol–water partition coefficient (Wildman–Crippen LogP) is 3.93. The van der Waals surface area contributed by atoms with Gasteiger partial charge in [-0.1, -0.05) is 19.1 Å². The summed E-state index contributed by atoms with van der Waals surface area (Å²) in [7, 11) is -3.73. The Balaban J connectivity index is 1.76. The summed E-state index contributed by atoms with van der Waals surface area (Å²) in [4.78, 5) is 25.1. The van der Waals surface area contributed by atoms with Crippen molar-refractivity contribution in [3.05, 3.63) is 42.5 Å². The number of rotatable bonds is 12. The number of carbonyl (C=O) groups excluding carboxylic acids is 1. The molecule has 2 aromatic heterocycles. The number of carbonyl (C=O) groups is 1. The third-order valence-electron chi connectivity index (χ3n) is 5.30. The minimum atomic E-state index is -3.73. The molecule has 0 aliphatic carbocycles. The van der Waals surface area contributed by atoms with Crippen molar-refractivity contribution in [2.45, 2.75) is 72.3 Å². The molecule has 0 radical (unpaired) electrons. The van der Waals surface area contributed by atoms with E-state index in [1.165, 1.54) is 6.33 Å². The molecule has 0 spiro atoms. The molecule has 3 N–H and O–H groups in total. The molecule has 3 rings (SSSR count). The van der Waals surface area contributed by atoms with Crippen LogP contribution in [0.5, 0.6) is 5.75 Å². The third-order valence-corrected chi connectivity index (χ3v) is 7.19. The van der Waals surface area contributed by atoms with Crippen LogP contribution in [0.2, 0.25) is 0 Å². The second-order valence-corrected chi connectivity index (χ2v) is 11.4. The third kappa shape index (κ3) is 7.02. The van der Waals surface area contributed by atoms with Crippen molar-refractivity contribution < 1.29 is 23.4 Å². The van der Waals surface area contributed by atoms with E-state index in [4.69, 9.17) is 19.7 Å². The first-order chi connectivity index (χ1) is 16.9. The van der Waals surface area contributed by atoms with Crippen LogP contribution in [-0.2, 0) is 31.8 Å². The van der Waals surface area contributed by atoms with Crippen LogP contribution in [0.4, 0.5) is 5.82 Å². The zero-order chi connectivity index (χ0) is 26.5. The maximum absolute atomic E-state index is 14.0. The maximum atomic E-state index is 14.0. The van der Waals surface area contributed by atoms with E-state index < -0.39 is 25.1 Å². The number of nitrogens with two attached hydrogens (primary N) is 1. The van der Waals surface area contributed by atoms with Gasteiger partial charge in [-0.15, -0.1) is 0 Å². The van der Waals surface area contributed by atoms with Gasteiger partial charge < -0.3 is 24.3 Å². The lowest BCUT2D eigenvalue weighted by atomic mass is 10.1. The number of nitrogens with zero attached hydrogens (tertiary/aromatic N) is 4. The van der Waals surface area contributed by atoms with Gasteiger partial charge in [-0.2, -0.15) is 0 Å². The number of benzene rings is 1. The number of ether oxygens (including phenoxy) is 2. The van der Waals surface area contributed by atoms with Gasteiger partial charge in [0.15, 0.2) is 11.5 Å². The Hall–Kier alpha value is -3.01. The van der Waals surface area contributed by atoms with Crippen molar-refractivity contribution in [1.29, 1.82) is 0 Å². The molecule has 1 aromatic carbocycles. The van der Waals surface area contributed by atoms with Crippen LogP contribution in [0, 0.1) is 0 Å². The molecule has 2 heterocycles. The number of nitrogens with one attached hydrogen (secondary N) is 1. The van der Waals surface area contributed by atoms with Gasteiger partial charge in [0.2, 0.25) is 0 Å². The summed E-state index contributed by atoms with van der Waals surface area (Å²) in [6.07, 6.45) is 2.83. The molecule has 0 aliphatic rings. The molecular weight excluding hydrogens is 483 g/mol. The average Bonchev–Trinajstić information content (AvgIpc) is 3.21. The number of esters is 1. The summed E-state index contributed by atoms with van der Waals surface area (Å²) in [6, 6.07) is 7.30. The molecule has 0 aliphatic heterocycles. The molecule has 12 heteroatoms. The van der Waals surface area contributed by atoms with E-state index in [0.717, 1.165) is 12.0 Å². The van der Waals surface area contributed by atoms with Gasteiger partial charge in [0, 0.05) is 0 Å². The molecule has 36 heavy (non-hydrogen) atoms. The number of nitrogen functional groups attached to an aromatic ring is 1. The van der Waals surface area contributed by atoms with E-state index in [-0.39, 0.29) is 12.5 Å². The van der Waals surface area contributed by atoms with Crippen molar-refractivity contribution in [2.24, 2.45) is 0 Å². The van der Waals surface area contributed by atoms with E-state index in [0.29, 0.717) is 29.3 Å². The Morgan fingerprint density at radius 2 is 1.86 bits per heavy atom. The SMILES string of the molecule is CCc1ccc(O[P@@](=O)(CO[C@H](C)Cn2cnc3c(N)ncnc32)NC(C)(C)C(=O)OC(C)C)cc1. The number of hydrogen-bond donors (Lipinski definition) is 2. The highest BCUT2D eigenvalue weighted by atomic mass is 31.2. The number of hydrogen-bond acceptors (Lipinski definition) is 9. The van der Waals surface area contributed by atoms with Gasteiger partial charge >= 0.3 is 13.5 Å². The average molecular weight is 519 g/mol. The van der Waals surface area contributed by atoms with E-state index in [1.54, 1.807) is 50.7 Å². The first kappa shape index (κ1) is 27.6. The van der Waals surface area contributed by atoms with Gasteiger partial charge in [-0.3, -0.25) is 9.36 Å². The monoisotopic (exact) mass is 518 g/mol. The minimum absolute atomic E-state index is 0.286. The van der Waals surface area contributed by atoms with Gasteiger partial charge in [0.05, 0.1) is 25.1 Å². The molecule has 0 saturated heterocycles. The van der Waals surface area contributed by atoms with Crippen molar-refractivity contribution >= 4 is 30.5 Å². The van der Waals surface area contributed by atoms with Crippen LogP contribution in [-0.4, -0.2) is 49.6 Å². The fourth-order valence-corrected chi connectivity index (χ4v) is 5.48. The lowest BCUT2D eigenvalue weighted by Crippen LogP contribution is -2.48. The quantitative estimate of drug-likeness (QED) is 0.267. The largest absolute Gasteiger partial charge is 0.462 e. The fourth-order valence-electron chi connectivity index (χ4n) is 3.46. The number of aryl methyl sites for hydroxylation is 1. The maximum Gasteiger partial charge on any atom is 0.342 e. The topological polar surface area (TPSA) is 143 Å². The standard InChI is InChI=1S/C24H35N6O5P/c1-7-18-8-10-19(11-9-18)35-36(32,29-24(5,6)23(31)34-16(2)3)15-33-17(4)12-30-14-28-20-21(25)26-13-27-22(20)30/h8-11,13-14,16-17H,7,12,15H2,1-6H3,(H,29,32)(H2,25,26,27)/t17-,36+/m1/s1. The highest BCUT2D eigenvalue weighted by Crippen LogP contribution is 2.45. The van der Waals surface area contributed by atoms with E-state index in [1.807, 2.05) is 26.0 Å². The first-order valence-electron chi connectivity index (χ1n) is 11.8. The lowest BCUT2D eigenvalue weighted by Gasteiger charge is -2.31. The smallest absolute Gasteiger partial charge is 0.342 e. The summed E-state index contributed by atoms with van der Waals surface area (Å²) >= 11 is 0. The van der Waals surface area contributed by atoms with Crippen LogP contribution in [0.1, 0.15) is 47.1 Å². The summed E-state index contributed by atoms with van der Waals surface area (Å²) in [6.45, 7) is 10.9. The molecule has 0 saturated carbocycles. The molecule has 0 unspecified atom stereocenters. The van der Waals surface area contributed by atoms with Crippen LogP contribution >= 0.6 is 7.52 Å². The lowest BCUT2D eigenvalue weighted by molar-refractivity contribution is -0.153. The first-order valence-corrected chi connectivity index (χ1v) is 13.6. The molecular formula is C24H35N6O5P. The van der Waals surface area contributed by atoms with Crippen molar-refractivity contribution in [3.63, 3.8) is 0 Å². The zero-order valence-corrected chi connectivity index (χ0v) is 22.5. The second kappa shape index (κ2) is 11.4. The number of anilines is 1. The Kier molecular flexibility index (Phi) is 8.71. The Morgan fingerprint density at radius 3 is 2.50 bits per heavy atom. The summed E-state index contributed by atoms with van der Waals surface area (Å²) in [5.41, 5.74) is 6.77. The number of imidazole rings is 1. The van der Waals surface area contributed by atoms with Crippen LogP contribution in [0.3, 0.4) is 0 Å². The van der Waals surface area contributed by atoms with Gasteiger partial charge in [-0.25, -0.2) is 20.0 Å². The molecule has 0 fully saturated rings. The van der Waals surface area contributed by atoms with Crippen molar-refractivity contribution in [1.82, 2.24) is 24.6 Å². The van der Waals surface area contributed by atoms with Crippen LogP contribution in [0.25, 0.3) is 11.2 Å². The Morgan fingerprint density at radius 1 is 1.17 bits per heavy atom. The zero-order valence-electron chi connectivity index (χ0n) is 21.6. The fraction of sp³-hybridized carbons (Fsp3) is 0.500. The van der Waals surface area contributed by atoms with Gasteiger partial charge in [-0.05, 0) is 58.7 Å². The van der Waals surface area contributed by atoms with Crippen LogP contribution < -0.4 is 15.3 Å². The van der Waals surface area contributed by atoms with Crippen molar-refractivity contribution in [2.75, 3.05) is 12.1 Å². The summed E-state index contributed by atoms with van der Waals surface area (Å²) in [5.74, 6) is 0.150. The number of fused-ring (bicyclic) bond motifs is 1. The molecule has 0 amide bonds. The van der Waals surface area contributed by atoms with Gasteiger partial charge in [0.1, 0.15) is 29.5 Å². The summed E-state index contributed by atoms with van der Waals surface area (Å²) in [5, 5.41) is 2.88.